The molecule has 0 saturated heterocycles. The third-order valence-electron chi connectivity index (χ3n) is 2.97. The highest BCUT2D eigenvalue weighted by atomic mass is 127. The minimum absolute atomic E-state index is 0.206. The Bertz CT molecular complexity index is 772. The van der Waals surface area contributed by atoms with E-state index in [0.717, 1.165) is 9.13 Å². The van der Waals surface area contributed by atoms with Crippen LogP contribution >= 0.6 is 34.4 Å². The van der Waals surface area contributed by atoms with Gasteiger partial charge < -0.3 is 9.63 Å². The van der Waals surface area contributed by atoms with Gasteiger partial charge in [-0.25, -0.2) is 0 Å². The zero-order valence-corrected chi connectivity index (χ0v) is 14.1. The Morgan fingerprint density at radius 2 is 1.81 bits per heavy atom. The average Bonchev–Trinajstić information content (AvgIpc) is 3.00. The van der Waals surface area contributed by atoms with Gasteiger partial charge in [-0.2, -0.15) is 4.98 Å². The Labute approximate surface area is 139 Å². The molecule has 21 heavy (non-hydrogen) atoms. The van der Waals surface area contributed by atoms with E-state index in [9.17, 15) is 5.11 Å². The van der Waals surface area contributed by atoms with Crippen molar-refractivity contribution in [2.24, 2.45) is 0 Å². The average molecular weight is 410 g/mol. The first-order valence-electron chi connectivity index (χ1n) is 6.14. The van der Waals surface area contributed by atoms with Crippen molar-refractivity contribution in [3.63, 3.8) is 0 Å². The highest BCUT2D eigenvalue weighted by molar-refractivity contribution is 14.1. The molecule has 1 aromatic heterocycles. The van der Waals surface area contributed by atoms with Gasteiger partial charge in [0.2, 0.25) is 5.82 Å². The number of rotatable bonds is 3. The van der Waals surface area contributed by atoms with E-state index in [1.54, 1.807) is 17.8 Å². The predicted octanol–water partition coefficient (Wildman–Crippen LogP) is 4.44. The van der Waals surface area contributed by atoms with Gasteiger partial charge in [-0.15, -0.1) is 11.8 Å². The number of phenols is 1. The number of hydrogen-bond acceptors (Lipinski definition) is 5. The van der Waals surface area contributed by atoms with Gasteiger partial charge in [0.1, 0.15) is 5.75 Å². The Balaban J connectivity index is 1.93. The summed E-state index contributed by atoms with van der Waals surface area (Å²) in [4.78, 5) is 5.56. The molecule has 0 aliphatic rings. The van der Waals surface area contributed by atoms with Crippen LogP contribution in [0.25, 0.3) is 22.8 Å². The second kappa shape index (κ2) is 6.07. The summed E-state index contributed by atoms with van der Waals surface area (Å²) in [7, 11) is 0. The minimum Gasteiger partial charge on any atom is -0.507 e. The first kappa shape index (κ1) is 14.4. The van der Waals surface area contributed by atoms with Gasteiger partial charge in [0.15, 0.2) is 0 Å². The number of nitrogens with zero attached hydrogens (tertiary/aromatic N) is 2. The van der Waals surface area contributed by atoms with Crippen LogP contribution in [0.4, 0.5) is 0 Å². The third kappa shape index (κ3) is 3.06. The number of aromatic nitrogens is 2. The fourth-order valence-corrected chi connectivity index (χ4v) is 2.59. The molecule has 4 nitrogen and oxygen atoms in total. The van der Waals surface area contributed by atoms with Crippen LogP contribution in [0.5, 0.6) is 5.75 Å². The molecule has 0 atom stereocenters. The smallest absolute Gasteiger partial charge is 0.258 e. The van der Waals surface area contributed by atoms with E-state index in [-0.39, 0.29) is 5.75 Å². The maximum atomic E-state index is 9.74. The molecule has 0 unspecified atom stereocenters. The van der Waals surface area contributed by atoms with Gasteiger partial charge >= 0.3 is 0 Å². The maximum Gasteiger partial charge on any atom is 0.258 e. The highest BCUT2D eigenvalue weighted by Crippen LogP contribution is 2.28. The molecule has 3 rings (SSSR count). The molecular weight excluding hydrogens is 399 g/mol. The number of thioether (sulfide) groups is 1. The van der Waals surface area contributed by atoms with E-state index in [4.69, 9.17) is 4.52 Å². The van der Waals surface area contributed by atoms with Crippen molar-refractivity contribution in [2.75, 3.05) is 6.26 Å². The zero-order valence-electron chi connectivity index (χ0n) is 11.1. The van der Waals surface area contributed by atoms with Crippen molar-refractivity contribution in [1.82, 2.24) is 10.1 Å². The summed E-state index contributed by atoms with van der Waals surface area (Å²) in [5.74, 6) is 1.14. The van der Waals surface area contributed by atoms with Crippen molar-refractivity contribution in [1.29, 1.82) is 0 Å². The van der Waals surface area contributed by atoms with Crippen LogP contribution in [-0.4, -0.2) is 21.5 Å². The topological polar surface area (TPSA) is 59.2 Å². The van der Waals surface area contributed by atoms with Crippen LogP contribution in [0.3, 0.4) is 0 Å². The van der Waals surface area contributed by atoms with E-state index < -0.39 is 0 Å². The van der Waals surface area contributed by atoms with E-state index in [0.29, 0.717) is 17.3 Å². The van der Waals surface area contributed by atoms with Crippen molar-refractivity contribution in [3.8, 4) is 28.6 Å². The number of hydrogen-bond donors (Lipinski definition) is 1. The van der Waals surface area contributed by atoms with Crippen LogP contribution < -0.4 is 0 Å². The van der Waals surface area contributed by atoms with Crippen molar-refractivity contribution in [3.05, 3.63) is 46.0 Å². The molecule has 2 aromatic carbocycles. The van der Waals surface area contributed by atoms with E-state index in [1.807, 2.05) is 42.7 Å². The molecule has 6 heteroatoms. The molecule has 3 aromatic rings. The molecule has 0 saturated carbocycles. The van der Waals surface area contributed by atoms with E-state index >= 15 is 0 Å². The molecule has 1 heterocycles. The fraction of sp³-hybridized carbons (Fsp3) is 0.0667. The predicted molar refractivity (Wildman–Crippen MR) is 91.3 cm³/mol. The molecule has 0 spiro atoms. The lowest BCUT2D eigenvalue weighted by Crippen LogP contribution is -1.82. The summed E-state index contributed by atoms with van der Waals surface area (Å²) in [5, 5.41) is 13.7. The molecule has 0 fully saturated rings. The molecular formula is C15H11IN2O2S. The summed E-state index contributed by atoms with van der Waals surface area (Å²) in [6.07, 6.45) is 2.03. The summed E-state index contributed by atoms with van der Waals surface area (Å²) >= 11 is 3.75. The Morgan fingerprint density at radius 1 is 1.10 bits per heavy atom. The van der Waals surface area contributed by atoms with Gasteiger partial charge in [0.25, 0.3) is 5.89 Å². The van der Waals surface area contributed by atoms with Crippen molar-refractivity contribution in [2.45, 2.75) is 4.90 Å². The van der Waals surface area contributed by atoms with Gasteiger partial charge in [-0.1, -0.05) is 5.16 Å². The van der Waals surface area contributed by atoms with Crippen LogP contribution in [0.2, 0.25) is 0 Å². The first-order valence-corrected chi connectivity index (χ1v) is 8.45. The fourth-order valence-electron chi connectivity index (χ4n) is 1.84. The standard InChI is InChI=1S/C15H11IN2O2S/c1-21-11-5-2-9(3-6-11)14-17-15(20-18-14)10-4-7-12(16)13(19)8-10/h2-8,19H,1H3. The van der Waals surface area contributed by atoms with E-state index in [1.165, 1.54) is 4.90 Å². The lowest BCUT2D eigenvalue weighted by Gasteiger charge is -1.98. The lowest BCUT2D eigenvalue weighted by molar-refractivity contribution is 0.431. The Morgan fingerprint density at radius 3 is 2.48 bits per heavy atom. The molecule has 0 aliphatic carbocycles. The Hall–Kier alpha value is -1.54. The Kier molecular flexibility index (Phi) is 4.16. The molecule has 1 N–H and O–H groups in total. The van der Waals surface area contributed by atoms with Gasteiger partial charge in [-0.3, -0.25) is 0 Å². The van der Waals surface area contributed by atoms with Crippen molar-refractivity contribution >= 4 is 34.4 Å². The largest absolute Gasteiger partial charge is 0.507 e. The van der Waals surface area contributed by atoms with Gasteiger partial charge in [-0.05, 0) is 71.3 Å². The number of phenolic OH excluding ortho intramolecular Hbond substituents is 1. The molecule has 0 bridgehead atoms. The SMILES string of the molecule is CSc1ccc(-c2noc(-c3ccc(I)c(O)c3)n2)cc1. The highest BCUT2D eigenvalue weighted by Gasteiger charge is 2.12. The minimum atomic E-state index is 0.206. The molecule has 0 aliphatic heterocycles. The van der Waals surface area contributed by atoms with Gasteiger partial charge in [0, 0.05) is 16.0 Å². The summed E-state index contributed by atoms with van der Waals surface area (Å²) in [6, 6.07) is 13.2. The summed E-state index contributed by atoms with van der Waals surface area (Å²) in [6.45, 7) is 0. The van der Waals surface area contributed by atoms with Crippen LogP contribution in [0.1, 0.15) is 0 Å². The third-order valence-corrected chi connectivity index (χ3v) is 4.62. The van der Waals surface area contributed by atoms with Gasteiger partial charge in [0.05, 0.1) is 3.57 Å². The number of benzene rings is 2. The monoisotopic (exact) mass is 410 g/mol. The van der Waals surface area contributed by atoms with Crippen LogP contribution in [0, 0.1) is 3.57 Å². The first-order chi connectivity index (χ1) is 10.2. The second-order valence-corrected chi connectivity index (χ2v) is 6.36. The summed E-state index contributed by atoms with van der Waals surface area (Å²) in [5.41, 5.74) is 1.60. The second-order valence-electron chi connectivity index (χ2n) is 4.32. The van der Waals surface area contributed by atoms with Crippen LogP contribution in [-0.2, 0) is 0 Å². The quantitative estimate of drug-likeness (QED) is 0.511. The maximum absolute atomic E-state index is 9.74. The molecule has 0 amide bonds. The molecule has 106 valence electrons. The van der Waals surface area contributed by atoms with E-state index in [2.05, 4.69) is 32.7 Å². The zero-order chi connectivity index (χ0) is 14.8. The number of aromatic hydroxyl groups is 1. The normalized spacial score (nSPS) is 10.8. The van der Waals surface area contributed by atoms with Crippen LogP contribution in [0.15, 0.2) is 51.9 Å². The molecule has 0 radical (unpaired) electrons. The van der Waals surface area contributed by atoms with Crippen molar-refractivity contribution < 1.29 is 9.63 Å². The number of halogens is 1. The summed E-state index contributed by atoms with van der Waals surface area (Å²) < 4.78 is 6.06. The lowest BCUT2D eigenvalue weighted by atomic mass is 10.2.